The summed E-state index contributed by atoms with van der Waals surface area (Å²) in [5.41, 5.74) is 0.530. The van der Waals surface area contributed by atoms with Crippen LogP contribution in [0, 0.1) is 0 Å². The van der Waals surface area contributed by atoms with E-state index in [4.69, 9.17) is 5.11 Å². The van der Waals surface area contributed by atoms with Crippen molar-refractivity contribution in [3.8, 4) is 0 Å². The van der Waals surface area contributed by atoms with Gasteiger partial charge >= 0.3 is 11.9 Å². The van der Waals surface area contributed by atoms with E-state index in [2.05, 4.69) is 4.74 Å². The van der Waals surface area contributed by atoms with E-state index in [0.717, 1.165) is 7.11 Å². The Morgan fingerprint density at radius 3 is 2.14 bits per heavy atom. The first-order valence-corrected chi connectivity index (χ1v) is 6.15. The van der Waals surface area contributed by atoms with Crippen molar-refractivity contribution in [1.29, 1.82) is 0 Å². The van der Waals surface area contributed by atoms with Gasteiger partial charge in [-0.05, 0) is 5.56 Å². The zero-order chi connectivity index (χ0) is 16.0. The molecule has 7 heteroatoms. The molecule has 1 aromatic carbocycles. The minimum atomic E-state index is -1.72. The molecule has 0 radical (unpaired) electrons. The SMILES string of the molecule is COC(=O)C(O)C(O)c1ccc(C(=O)CCC(=O)O)cc1. The van der Waals surface area contributed by atoms with E-state index in [1.807, 2.05) is 0 Å². The maximum absolute atomic E-state index is 11.7. The Morgan fingerprint density at radius 1 is 1.10 bits per heavy atom. The van der Waals surface area contributed by atoms with Crippen LogP contribution in [-0.4, -0.2) is 46.3 Å². The van der Waals surface area contributed by atoms with E-state index in [-0.39, 0.29) is 24.2 Å². The topological polar surface area (TPSA) is 121 Å². The summed E-state index contributed by atoms with van der Waals surface area (Å²) in [4.78, 5) is 33.2. The van der Waals surface area contributed by atoms with E-state index in [1.54, 1.807) is 0 Å². The summed E-state index contributed by atoms with van der Waals surface area (Å²) in [6.07, 6.45) is -3.57. The number of ether oxygens (including phenoxy) is 1. The first-order valence-electron chi connectivity index (χ1n) is 6.15. The van der Waals surface area contributed by atoms with Gasteiger partial charge in [-0.2, -0.15) is 0 Å². The van der Waals surface area contributed by atoms with Gasteiger partial charge in [-0.3, -0.25) is 9.59 Å². The van der Waals surface area contributed by atoms with Crippen molar-refractivity contribution < 1.29 is 34.4 Å². The third kappa shape index (κ3) is 4.66. The average molecular weight is 296 g/mol. The monoisotopic (exact) mass is 296 g/mol. The van der Waals surface area contributed by atoms with Crippen LogP contribution in [0.25, 0.3) is 0 Å². The number of carbonyl (C=O) groups excluding carboxylic acids is 2. The van der Waals surface area contributed by atoms with Crippen LogP contribution in [0.15, 0.2) is 24.3 Å². The van der Waals surface area contributed by atoms with Crippen molar-refractivity contribution in [1.82, 2.24) is 0 Å². The highest BCUT2D eigenvalue weighted by Gasteiger charge is 2.26. The van der Waals surface area contributed by atoms with Crippen molar-refractivity contribution in [3.05, 3.63) is 35.4 Å². The van der Waals surface area contributed by atoms with Crippen molar-refractivity contribution in [2.75, 3.05) is 7.11 Å². The van der Waals surface area contributed by atoms with E-state index < -0.39 is 24.1 Å². The summed E-state index contributed by atoms with van der Waals surface area (Å²) in [7, 11) is 1.09. The van der Waals surface area contributed by atoms with Crippen LogP contribution < -0.4 is 0 Å². The van der Waals surface area contributed by atoms with Crippen molar-refractivity contribution in [2.24, 2.45) is 0 Å². The number of esters is 1. The zero-order valence-electron chi connectivity index (χ0n) is 11.4. The molecule has 2 atom stereocenters. The average Bonchev–Trinajstić information content (AvgIpc) is 2.50. The molecule has 21 heavy (non-hydrogen) atoms. The lowest BCUT2D eigenvalue weighted by molar-refractivity contribution is -0.156. The van der Waals surface area contributed by atoms with Crippen LogP contribution in [0.1, 0.15) is 34.9 Å². The lowest BCUT2D eigenvalue weighted by Crippen LogP contribution is -2.29. The third-order valence-corrected chi connectivity index (χ3v) is 2.88. The molecule has 0 aromatic heterocycles. The Kier molecular flexibility index (Phi) is 6.01. The fourth-order valence-electron chi connectivity index (χ4n) is 1.66. The second-order valence-corrected chi connectivity index (χ2v) is 4.35. The molecule has 0 spiro atoms. The number of Topliss-reactive ketones (excluding diaryl/α,β-unsaturated/α-hetero) is 1. The van der Waals surface area contributed by atoms with Crippen LogP contribution in [0.5, 0.6) is 0 Å². The van der Waals surface area contributed by atoms with Crippen LogP contribution in [0.3, 0.4) is 0 Å². The number of aliphatic hydroxyl groups is 2. The van der Waals surface area contributed by atoms with Gasteiger partial charge in [-0.1, -0.05) is 24.3 Å². The molecular formula is C14H16O7. The Labute approximate surface area is 120 Å². The Balaban J connectivity index is 2.75. The molecule has 0 fully saturated rings. The predicted molar refractivity (Wildman–Crippen MR) is 70.6 cm³/mol. The van der Waals surface area contributed by atoms with Gasteiger partial charge in [0, 0.05) is 12.0 Å². The molecule has 0 saturated carbocycles. The molecule has 1 rings (SSSR count). The number of carboxylic acid groups (broad SMARTS) is 1. The van der Waals surface area contributed by atoms with Gasteiger partial charge in [0.1, 0.15) is 6.10 Å². The first kappa shape index (κ1) is 16.8. The van der Waals surface area contributed by atoms with E-state index in [9.17, 15) is 24.6 Å². The van der Waals surface area contributed by atoms with Gasteiger partial charge in [0.05, 0.1) is 13.5 Å². The van der Waals surface area contributed by atoms with Crippen LogP contribution in [0.2, 0.25) is 0 Å². The van der Waals surface area contributed by atoms with E-state index >= 15 is 0 Å². The zero-order valence-corrected chi connectivity index (χ0v) is 11.4. The molecule has 3 N–H and O–H groups in total. The lowest BCUT2D eigenvalue weighted by Gasteiger charge is -2.16. The van der Waals surface area contributed by atoms with Crippen LogP contribution in [-0.2, 0) is 14.3 Å². The van der Waals surface area contributed by atoms with Gasteiger partial charge in [0.2, 0.25) is 0 Å². The number of carbonyl (C=O) groups is 3. The van der Waals surface area contributed by atoms with Gasteiger partial charge < -0.3 is 20.1 Å². The maximum atomic E-state index is 11.7. The molecule has 0 amide bonds. The van der Waals surface area contributed by atoms with Crippen molar-refractivity contribution in [2.45, 2.75) is 25.0 Å². The van der Waals surface area contributed by atoms with Crippen molar-refractivity contribution >= 4 is 17.7 Å². The first-order chi connectivity index (χ1) is 9.86. The van der Waals surface area contributed by atoms with Gasteiger partial charge in [-0.25, -0.2) is 4.79 Å². The number of ketones is 1. The fraction of sp³-hybridized carbons (Fsp3) is 0.357. The Morgan fingerprint density at radius 2 is 1.67 bits per heavy atom. The highest BCUT2D eigenvalue weighted by atomic mass is 16.5. The number of hydrogen-bond donors (Lipinski definition) is 3. The summed E-state index contributed by atoms with van der Waals surface area (Å²) in [6, 6.07) is 5.55. The number of benzene rings is 1. The standard InChI is InChI=1S/C14H16O7/c1-21-14(20)13(19)12(18)9-4-2-8(3-5-9)10(15)6-7-11(16)17/h2-5,12-13,18-19H,6-7H2,1H3,(H,16,17). The molecule has 114 valence electrons. The summed E-state index contributed by atoms with van der Waals surface area (Å²) in [5, 5.41) is 27.8. The number of rotatable bonds is 7. The molecule has 7 nitrogen and oxygen atoms in total. The summed E-state index contributed by atoms with van der Waals surface area (Å²) in [5.74, 6) is -2.37. The Bertz CT molecular complexity index is 521. The van der Waals surface area contributed by atoms with E-state index in [1.165, 1.54) is 24.3 Å². The molecule has 0 bridgehead atoms. The molecule has 0 aliphatic carbocycles. The summed E-state index contributed by atoms with van der Waals surface area (Å²) < 4.78 is 4.31. The normalized spacial score (nSPS) is 13.3. The molecule has 2 unspecified atom stereocenters. The summed E-state index contributed by atoms with van der Waals surface area (Å²) >= 11 is 0. The van der Waals surface area contributed by atoms with E-state index in [0.29, 0.717) is 5.56 Å². The van der Waals surface area contributed by atoms with Gasteiger partial charge in [0.15, 0.2) is 11.9 Å². The number of aliphatic hydroxyl groups excluding tert-OH is 2. The lowest BCUT2D eigenvalue weighted by atomic mass is 10.00. The third-order valence-electron chi connectivity index (χ3n) is 2.88. The molecule has 1 aromatic rings. The number of methoxy groups -OCH3 is 1. The highest BCUT2D eigenvalue weighted by Crippen LogP contribution is 2.19. The Hall–Kier alpha value is -2.25. The highest BCUT2D eigenvalue weighted by molar-refractivity contribution is 5.97. The predicted octanol–water partition coefficient (Wildman–Crippen LogP) is 0.301. The smallest absolute Gasteiger partial charge is 0.337 e. The second-order valence-electron chi connectivity index (χ2n) is 4.35. The molecule has 0 aliphatic rings. The largest absolute Gasteiger partial charge is 0.481 e. The quantitative estimate of drug-likeness (QED) is 0.488. The maximum Gasteiger partial charge on any atom is 0.337 e. The van der Waals surface area contributed by atoms with Crippen LogP contribution >= 0.6 is 0 Å². The number of aliphatic carboxylic acids is 1. The molecule has 0 saturated heterocycles. The molecule has 0 heterocycles. The second kappa shape index (κ2) is 7.51. The van der Waals surface area contributed by atoms with Crippen molar-refractivity contribution in [3.63, 3.8) is 0 Å². The number of carboxylic acids is 1. The summed E-state index contributed by atoms with van der Waals surface area (Å²) in [6.45, 7) is 0. The van der Waals surface area contributed by atoms with Crippen LogP contribution in [0.4, 0.5) is 0 Å². The fourth-order valence-corrected chi connectivity index (χ4v) is 1.66. The minimum absolute atomic E-state index is 0.123. The molecule has 0 aliphatic heterocycles. The number of hydrogen-bond acceptors (Lipinski definition) is 6. The molecular weight excluding hydrogens is 280 g/mol. The van der Waals surface area contributed by atoms with Gasteiger partial charge in [0.25, 0.3) is 0 Å². The van der Waals surface area contributed by atoms with Gasteiger partial charge in [-0.15, -0.1) is 0 Å². The minimum Gasteiger partial charge on any atom is -0.481 e.